The molecule has 1 saturated heterocycles. The summed E-state index contributed by atoms with van der Waals surface area (Å²) in [5, 5.41) is 19.5. The van der Waals surface area contributed by atoms with Gasteiger partial charge in [-0.1, -0.05) is 30.3 Å². The molecule has 0 saturated carbocycles. The largest absolute Gasteiger partial charge is 0.460 e. The van der Waals surface area contributed by atoms with E-state index in [-0.39, 0.29) is 13.0 Å². The number of aliphatic hydroxyl groups is 1. The molecule has 7 heteroatoms. The number of nitriles is 1. The van der Waals surface area contributed by atoms with Crippen LogP contribution in [-0.2, 0) is 20.9 Å². The highest BCUT2D eigenvalue weighted by molar-refractivity contribution is 5.71. The molecule has 1 atom stereocenters. The van der Waals surface area contributed by atoms with Crippen LogP contribution in [0, 0.1) is 16.7 Å². The second-order valence-corrected chi connectivity index (χ2v) is 8.18. The lowest BCUT2D eigenvalue weighted by Crippen LogP contribution is -2.49. The summed E-state index contributed by atoms with van der Waals surface area (Å²) in [6.45, 7) is 6.08. The van der Waals surface area contributed by atoms with Crippen molar-refractivity contribution in [3.8, 4) is 6.07 Å². The molecule has 1 aromatic rings. The predicted molar refractivity (Wildman–Crippen MR) is 102 cm³/mol. The van der Waals surface area contributed by atoms with Gasteiger partial charge in [0.1, 0.15) is 18.3 Å². The maximum atomic E-state index is 12.3. The van der Waals surface area contributed by atoms with Crippen LogP contribution in [0.3, 0.4) is 0 Å². The molecule has 7 nitrogen and oxygen atoms in total. The van der Waals surface area contributed by atoms with E-state index in [0.717, 1.165) is 5.56 Å². The standard InChI is InChI=1S/C21H28N2O5/c1-20(2,3)28-18(25)13-21(17(24)14-22)9-11-23(12-10-21)19(26)27-15-16-7-5-4-6-8-16/h4-8,17,24H,9-13,15H2,1-3H3. The van der Waals surface area contributed by atoms with Crippen molar-refractivity contribution in [2.45, 2.75) is 58.3 Å². The van der Waals surface area contributed by atoms with Gasteiger partial charge in [0.25, 0.3) is 0 Å². The van der Waals surface area contributed by atoms with Crippen molar-refractivity contribution in [3.63, 3.8) is 0 Å². The van der Waals surface area contributed by atoms with Gasteiger partial charge in [0.15, 0.2) is 0 Å². The van der Waals surface area contributed by atoms with Gasteiger partial charge in [0, 0.05) is 18.5 Å². The molecule has 1 amide bonds. The van der Waals surface area contributed by atoms with E-state index in [0.29, 0.717) is 25.9 Å². The molecule has 1 N–H and O–H groups in total. The second kappa shape index (κ2) is 9.07. The van der Waals surface area contributed by atoms with E-state index in [1.807, 2.05) is 36.4 Å². The quantitative estimate of drug-likeness (QED) is 0.615. The number of esters is 1. The minimum atomic E-state index is -1.30. The van der Waals surface area contributed by atoms with Crippen LogP contribution in [0.15, 0.2) is 30.3 Å². The van der Waals surface area contributed by atoms with Crippen LogP contribution in [0.5, 0.6) is 0 Å². The number of carbonyl (C=O) groups excluding carboxylic acids is 2. The van der Waals surface area contributed by atoms with Crippen LogP contribution < -0.4 is 0 Å². The lowest BCUT2D eigenvalue weighted by molar-refractivity contribution is -0.160. The fourth-order valence-electron chi connectivity index (χ4n) is 3.29. The molecule has 1 aromatic carbocycles. The number of aliphatic hydroxyl groups excluding tert-OH is 1. The Morgan fingerprint density at radius 1 is 1.25 bits per heavy atom. The van der Waals surface area contributed by atoms with Crippen molar-refractivity contribution in [2.24, 2.45) is 5.41 Å². The van der Waals surface area contributed by atoms with E-state index >= 15 is 0 Å². The molecule has 0 bridgehead atoms. The van der Waals surface area contributed by atoms with Crippen molar-refractivity contribution in [1.29, 1.82) is 5.26 Å². The Hall–Kier alpha value is -2.59. The SMILES string of the molecule is CC(C)(C)OC(=O)CC1(C(O)C#N)CCN(C(=O)OCc2ccccc2)CC1. The number of rotatable bonds is 5. The molecule has 152 valence electrons. The summed E-state index contributed by atoms with van der Waals surface area (Å²) < 4.78 is 10.7. The topological polar surface area (TPSA) is 99.9 Å². The Morgan fingerprint density at radius 2 is 1.86 bits per heavy atom. The number of hydrogen-bond acceptors (Lipinski definition) is 6. The molecule has 0 spiro atoms. The van der Waals surface area contributed by atoms with Gasteiger partial charge in [-0.25, -0.2) is 4.79 Å². The summed E-state index contributed by atoms with van der Waals surface area (Å²) >= 11 is 0. The number of ether oxygens (including phenoxy) is 2. The normalized spacial score (nSPS) is 17.3. The number of carbonyl (C=O) groups is 2. The Kier molecular flexibility index (Phi) is 7.03. The average Bonchev–Trinajstić information content (AvgIpc) is 2.65. The van der Waals surface area contributed by atoms with E-state index in [2.05, 4.69) is 0 Å². The van der Waals surface area contributed by atoms with Crippen LogP contribution in [0.2, 0.25) is 0 Å². The molecule has 1 unspecified atom stereocenters. The molecular formula is C21H28N2O5. The van der Waals surface area contributed by atoms with Gasteiger partial charge in [-0.3, -0.25) is 4.79 Å². The molecule has 0 radical (unpaired) electrons. The summed E-state index contributed by atoms with van der Waals surface area (Å²) in [5.74, 6) is -0.457. The molecule has 1 fully saturated rings. The van der Waals surface area contributed by atoms with E-state index in [1.165, 1.54) is 0 Å². The third kappa shape index (κ3) is 5.96. The first-order chi connectivity index (χ1) is 13.1. The first-order valence-electron chi connectivity index (χ1n) is 9.40. The first-order valence-corrected chi connectivity index (χ1v) is 9.40. The first kappa shape index (κ1) is 21.7. The third-order valence-corrected chi connectivity index (χ3v) is 4.84. The number of piperidine rings is 1. The molecule has 1 aliphatic heterocycles. The lowest BCUT2D eigenvalue weighted by Gasteiger charge is -2.42. The summed E-state index contributed by atoms with van der Waals surface area (Å²) in [4.78, 5) is 26.1. The van der Waals surface area contributed by atoms with Crippen LogP contribution >= 0.6 is 0 Å². The highest BCUT2D eigenvalue weighted by atomic mass is 16.6. The van der Waals surface area contributed by atoms with E-state index in [9.17, 15) is 20.0 Å². The summed E-state index contributed by atoms with van der Waals surface area (Å²) in [6, 6.07) is 11.2. The van der Waals surface area contributed by atoms with Gasteiger partial charge in [-0.15, -0.1) is 0 Å². The zero-order valence-corrected chi connectivity index (χ0v) is 16.7. The van der Waals surface area contributed by atoms with Crippen LogP contribution in [0.25, 0.3) is 0 Å². The second-order valence-electron chi connectivity index (χ2n) is 8.18. The van der Waals surface area contributed by atoms with Gasteiger partial charge in [-0.2, -0.15) is 5.26 Å². The van der Waals surface area contributed by atoms with Crippen LogP contribution in [0.4, 0.5) is 4.79 Å². The van der Waals surface area contributed by atoms with Gasteiger partial charge in [0.05, 0.1) is 12.5 Å². The minimum Gasteiger partial charge on any atom is -0.460 e. The highest BCUT2D eigenvalue weighted by Crippen LogP contribution is 2.39. The summed E-state index contributed by atoms with van der Waals surface area (Å²) in [6.07, 6.45) is -1.17. The zero-order chi connectivity index (χ0) is 20.8. The highest BCUT2D eigenvalue weighted by Gasteiger charge is 2.44. The van der Waals surface area contributed by atoms with Crippen molar-refractivity contribution in [2.75, 3.05) is 13.1 Å². The van der Waals surface area contributed by atoms with E-state index in [1.54, 1.807) is 25.7 Å². The van der Waals surface area contributed by atoms with Gasteiger partial charge in [0.2, 0.25) is 0 Å². The molecule has 2 rings (SSSR count). The Balaban J connectivity index is 1.95. The number of nitrogens with zero attached hydrogens (tertiary/aromatic N) is 2. The van der Waals surface area contributed by atoms with Crippen LogP contribution in [-0.4, -0.2) is 46.9 Å². The fraction of sp³-hybridized carbons (Fsp3) is 0.571. The van der Waals surface area contributed by atoms with E-state index in [4.69, 9.17) is 9.47 Å². The molecular weight excluding hydrogens is 360 g/mol. The smallest absolute Gasteiger partial charge is 0.410 e. The molecule has 1 aliphatic rings. The average molecular weight is 388 g/mol. The van der Waals surface area contributed by atoms with Crippen molar-refractivity contribution in [1.82, 2.24) is 4.90 Å². The number of hydrogen-bond donors (Lipinski definition) is 1. The minimum absolute atomic E-state index is 0.0636. The Labute approximate surface area is 165 Å². The maximum Gasteiger partial charge on any atom is 0.410 e. The number of amides is 1. The Bertz CT molecular complexity index is 713. The summed E-state index contributed by atoms with van der Waals surface area (Å²) in [5.41, 5.74) is -0.669. The summed E-state index contributed by atoms with van der Waals surface area (Å²) in [7, 11) is 0. The van der Waals surface area contributed by atoms with Crippen molar-refractivity contribution in [3.05, 3.63) is 35.9 Å². The van der Waals surface area contributed by atoms with Gasteiger partial charge >= 0.3 is 12.1 Å². The van der Waals surface area contributed by atoms with Crippen LogP contribution in [0.1, 0.15) is 45.6 Å². The van der Waals surface area contributed by atoms with Gasteiger partial charge in [-0.05, 0) is 39.2 Å². The molecule has 0 aliphatic carbocycles. The number of likely N-dealkylation sites (tertiary alicyclic amines) is 1. The lowest BCUT2D eigenvalue weighted by atomic mass is 9.71. The molecule has 1 heterocycles. The maximum absolute atomic E-state index is 12.3. The number of benzene rings is 1. The zero-order valence-electron chi connectivity index (χ0n) is 16.7. The molecule has 0 aromatic heterocycles. The Morgan fingerprint density at radius 3 is 2.39 bits per heavy atom. The monoisotopic (exact) mass is 388 g/mol. The fourth-order valence-corrected chi connectivity index (χ4v) is 3.29. The van der Waals surface area contributed by atoms with Gasteiger partial charge < -0.3 is 19.5 Å². The predicted octanol–water partition coefficient (Wildman–Crippen LogP) is 3.02. The third-order valence-electron chi connectivity index (χ3n) is 4.84. The van der Waals surface area contributed by atoms with Crippen molar-refractivity contribution >= 4 is 12.1 Å². The van der Waals surface area contributed by atoms with Crippen molar-refractivity contribution < 1.29 is 24.2 Å². The van der Waals surface area contributed by atoms with E-state index < -0.39 is 29.2 Å². The molecule has 28 heavy (non-hydrogen) atoms.